The van der Waals surface area contributed by atoms with Gasteiger partial charge in [0.05, 0.1) is 16.8 Å². The van der Waals surface area contributed by atoms with Crippen molar-refractivity contribution in [2.24, 2.45) is 0 Å². The van der Waals surface area contributed by atoms with Crippen LogP contribution in [0.4, 0.5) is 5.69 Å². The summed E-state index contributed by atoms with van der Waals surface area (Å²) in [7, 11) is 0. The first-order valence-electron chi connectivity index (χ1n) is 9.69. The number of benzene rings is 2. The van der Waals surface area contributed by atoms with E-state index in [1.54, 1.807) is 48.8 Å². The van der Waals surface area contributed by atoms with Crippen LogP contribution in [-0.2, 0) is 9.53 Å². The molecule has 2 heterocycles. The second kappa shape index (κ2) is 9.34. The number of hydrogen-bond acceptors (Lipinski definition) is 5. The third-order valence-electron chi connectivity index (χ3n) is 4.68. The van der Waals surface area contributed by atoms with Crippen LogP contribution in [0, 0.1) is 0 Å². The molecule has 0 spiro atoms. The smallest absolute Gasteiger partial charge is 0.339 e. The van der Waals surface area contributed by atoms with Crippen LogP contribution in [0.5, 0.6) is 0 Å². The summed E-state index contributed by atoms with van der Waals surface area (Å²) >= 11 is 11.9. The maximum Gasteiger partial charge on any atom is 0.339 e. The van der Waals surface area contributed by atoms with Crippen LogP contribution in [0.25, 0.3) is 22.2 Å². The molecule has 2 aromatic heterocycles. The monoisotopic (exact) mass is 465 g/mol. The molecule has 2 aromatic carbocycles. The van der Waals surface area contributed by atoms with Crippen molar-refractivity contribution >= 4 is 51.7 Å². The van der Waals surface area contributed by atoms with E-state index in [0.29, 0.717) is 37.9 Å². The van der Waals surface area contributed by atoms with E-state index >= 15 is 0 Å². The number of esters is 1. The van der Waals surface area contributed by atoms with E-state index in [-0.39, 0.29) is 0 Å². The van der Waals surface area contributed by atoms with Crippen molar-refractivity contribution in [3.63, 3.8) is 0 Å². The molecule has 32 heavy (non-hydrogen) atoms. The third kappa shape index (κ3) is 4.88. The number of fused-ring (bicyclic) bond motifs is 1. The van der Waals surface area contributed by atoms with Crippen molar-refractivity contribution in [1.29, 1.82) is 0 Å². The molecule has 0 saturated heterocycles. The van der Waals surface area contributed by atoms with E-state index < -0.39 is 18.0 Å². The van der Waals surface area contributed by atoms with Gasteiger partial charge in [0.25, 0.3) is 5.91 Å². The van der Waals surface area contributed by atoms with Crippen LogP contribution < -0.4 is 5.32 Å². The number of ether oxygens (including phenoxy) is 1. The van der Waals surface area contributed by atoms with Crippen LogP contribution in [0.2, 0.25) is 10.0 Å². The van der Waals surface area contributed by atoms with Crippen molar-refractivity contribution in [2.45, 2.75) is 13.0 Å². The Hall–Kier alpha value is -3.48. The molecule has 0 aliphatic rings. The van der Waals surface area contributed by atoms with Gasteiger partial charge in [-0.2, -0.15) is 0 Å². The molecule has 0 aliphatic heterocycles. The highest BCUT2D eigenvalue weighted by atomic mass is 35.5. The number of rotatable bonds is 5. The number of nitrogens with zero attached hydrogens (tertiary/aromatic N) is 2. The Morgan fingerprint density at radius 2 is 1.75 bits per heavy atom. The second-order valence-corrected chi connectivity index (χ2v) is 7.88. The van der Waals surface area contributed by atoms with E-state index in [0.717, 1.165) is 5.56 Å². The Morgan fingerprint density at radius 3 is 2.47 bits per heavy atom. The van der Waals surface area contributed by atoms with Crippen LogP contribution in [0.1, 0.15) is 17.3 Å². The van der Waals surface area contributed by atoms with E-state index in [4.69, 9.17) is 27.9 Å². The fourth-order valence-corrected chi connectivity index (χ4v) is 3.68. The molecule has 4 rings (SSSR count). The van der Waals surface area contributed by atoms with E-state index in [1.807, 2.05) is 24.3 Å². The number of anilines is 1. The van der Waals surface area contributed by atoms with Gasteiger partial charge in [0.1, 0.15) is 0 Å². The van der Waals surface area contributed by atoms with Crippen molar-refractivity contribution in [2.75, 3.05) is 5.32 Å². The largest absolute Gasteiger partial charge is 0.449 e. The molecule has 1 unspecified atom stereocenters. The Morgan fingerprint density at radius 1 is 1.00 bits per heavy atom. The van der Waals surface area contributed by atoms with Gasteiger partial charge in [0.15, 0.2) is 6.10 Å². The van der Waals surface area contributed by atoms with Crippen molar-refractivity contribution < 1.29 is 14.3 Å². The Balaban J connectivity index is 1.59. The standard InChI is InChI=1S/C24H17Cl2N3O3/c1-14(23(30)28-18-10-16(25)9-17(26)11-18)32-24(31)20-12-22(15-5-4-8-27-13-15)29-21-7-3-2-6-19(20)21/h2-14H,1H3,(H,28,30). The van der Waals surface area contributed by atoms with Crippen LogP contribution in [-0.4, -0.2) is 27.9 Å². The lowest BCUT2D eigenvalue weighted by Crippen LogP contribution is -2.30. The van der Waals surface area contributed by atoms with Gasteiger partial charge >= 0.3 is 5.97 Å². The van der Waals surface area contributed by atoms with Crippen LogP contribution in [0.15, 0.2) is 73.1 Å². The molecule has 0 bridgehead atoms. The summed E-state index contributed by atoms with van der Waals surface area (Å²) in [5.74, 6) is -1.15. The fraction of sp³-hybridized carbons (Fsp3) is 0.0833. The van der Waals surface area contributed by atoms with Gasteiger partial charge < -0.3 is 10.1 Å². The Bertz CT molecular complexity index is 1290. The summed E-state index contributed by atoms with van der Waals surface area (Å²) < 4.78 is 5.47. The van der Waals surface area contributed by atoms with Gasteiger partial charge in [-0.15, -0.1) is 0 Å². The van der Waals surface area contributed by atoms with Crippen LogP contribution >= 0.6 is 23.2 Å². The number of para-hydroxylation sites is 1. The molecular formula is C24H17Cl2N3O3. The quantitative estimate of drug-likeness (QED) is 0.377. The zero-order valence-electron chi connectivity index (χ0n) is 16.9. The van der Waals surface area contributed by atoms with Gasteiger partial charge in [0, 0.05) is 39.1 Å². The number of carbonyl (C=O) groups excluding carboxylic acids is 2. The summed E-state index contributed by atoms with van der Waals surface area (Å²) in [6.45, 7) is 1.49. The summed E-state index contributed by atoms with van der Waals surface area (Å²) in [5.41, 5.74) is 2.68. The summed E-state index contributed by atoms with van der Waals surface area (Å²) in [5, 5.41) is 4.03. The maximum absolute atomic E-state index is 13.0. The molecule has 1 atom stereocenters. The average molecular weight is 466 g/mol. The number of carbonyl (C=O) groups is 2. The number of pyridine rings is 2. The normalized spacial score (nSPS) is 11.7. The highest BCUT2D eigenvalue weighted by Crippen LogP contribution is 2.26. The molecule has 1 amide bonds. The first-order chi connectivity index (χ1) is 15.4. The van der Waals surface area contributed by atoms with Gasteiger partial charge in [-0.25, -0.2) is 9.78 Å². The molecule has 0 fully saturated rings. The van der Waals surface area contributed by atoms with E-state index in [9.17, 15) is 9.59 Å². The highest BCUT2D eigenvalue weighted by molar-refractivity contribution is 6.35. The maximum atomic E-state index is 13.0. The Labute approximate surface area is 194 Å². The predicted octanol–water partition coefficient (Wildman–Crippen LogP) is 5.79. The van der Waals surface area contributed by atoms with E-state index in [1.165, 1.54) is 6.92 Å². The molecule has 1 N–H and O–H groups in total. The minimum atomic E-state index is -1.06. The van der Waals surface area contributed by atoms with Crippen molar-refractivity contribution in [1.82, 2.24) is 9.97 Å². The number of aromatic nitrogens is 2. The molecule has 0 radical (unpaired) electrons. The average Bonchev–Trinajstić information content (AvgIpc) is 2.78. The predicted molar refractivity (Wildman–Crippen MR) is 125 cm³/mol. The number of hydrogen-bond donors (Lipinski definition) is 1. The zero-order chi connectivity index (χ0) is 22.7. The number of halogens is 2. The fourth-order valence-electron chi connectivity index (χ4n) is 3.15. The van der Waals surface area contributed by atoms with Crippen LogP contribution in [0.3, 0.4) is 0 Å². The SMILES string of the molecule is CC(OC(=O)c1cc(-c2cccnc2)nc2ccccc12)C(=O)Nc1cc(Cl)cc(Cl)c1. The molecule has 160 valence electrons. The first-order valence-corrected chi connectivity index (χ1v) is 10.4. The lowest BCUT2D eigenvalue weighted by molar-refractivity contribution is -0.123. The number of nitrogens with one attached hydrogen (secondary N) is 1. The van der Waals surface area contributed by atoms with Crippen molar-refractivity contribution in [3.8, 4) is 11.3 Å². The minimum absolute atomic E-state index is 0.305. The lowest BCUT2D eigenvalue weighted by Gasteiger charge is -2.15. The molecule has 6 nitrogen and oxygen atoms in total. The highest BCUT2D eigenvalue weighted by Gasteiger charge is 2.22. The minimum Gasteiger partial charge on any atom is -0.449 e. The third-order valence-corrected chi connectivity index (χ3v) is 5.11. The van der Waals surface area contributed by atoms with Gasteiger partial charge in [-0.3, -0.25) is 9.78 Å². The molecule has 8 heteroatoms. The Kier molecular flexibility index (Phi) is 6.35. The first kappa shape index (κ1) is 21.7. The molecular weight excluding hydrogens is 449 g/mol. The summed E-state index contributed by atoms with van der Waals surface area (Å²) in [6.07, 6.45) is 2.26. The second-order valence-electron chi connectivity index (χ2n) is 7.01. The van der Waals surface area contributed by atoms with Gasteiger partial charge in [-0.1, -0.05) is 41.4 Å². The van der Waals surface area contributed by atoms with Gasteiger partial charge in [0.2, 0.25) is 0 Å². The summed E-state index contributed by atoms with van der Waals surface area (Å²) in [6, 6.07) is 17.2. The summed E-state index contributed by atoms with van der Waals surface area (Å²) in [4.78, 5) is 34.3. The molecule has 0 aliphatic carbocycles. The van der Waals surface area contributed by atoms with E-state index in [2.05, 4.69) is 15.3 Å². The molecule has 0 saturated carbocycles. The van der Waals surface area contributed by atoms with Crippen molar-refractivity contribution in [3.05, 3.63) is 88.7 Å². The molecule has 4 aromatic rings. The van der Waals surface area contributed by atoms with Gasteiger partial charge in [-0.05, 0) is 49.4 Å². The number of amides is 1. The topological polar surface area (TPSA) is 81.2 Å². The zero-order valence-corrected chi connectivity index (χ0v) is 18.4. The lowest BCUT2D eigenvalue weighted by atomic mass is 10.0.